The summed E-state index contributed by atoms with van der Waals surface area (Å²) in [6.45, 7) is 2.26. The van der Waals surface area contributed by atoms with Gasteiger partial charge in [-0.25, -0.2) is 9.97 Å². The average molecular weight is 690 g/mol. The minimum Gasteiger partial charge on any atom is -0.480 e. The standard InChI is InChI=1S/C34H34Cl2N8O4/c1-47-33-27(13-38-12-20-9-10-30(46)41-20)39-14-25(42-33)23-7-3-5-21(31(23)35)22-6-4-8-24(32(22)36)26-15-40-28(34(43-26)48-2)17-44-16-19(11-37)29(45)18-44/h3-8,14-15,19-20,29,38,45H,9-10,12-13,16-18H2,1-2H3,(H,41,46)/t19?,20-,29-/m0/s1. The molecule has 4 heterocycles. The summed E-state index contributed by atoms with van der Waals surface area (Å²) in [4.78, 5) is 32.1. The highest BCUT2D eigenvalue weighted by Gasteiger charge is 2.32. The van der Waals surface area contributed by atoms with Gasteiger partial charge in [0.15, 0.2) is 0 Å². The van der Waals surface area contributed by atoms with Crippen molar-refractivity contribution in [2.75, 3.05) is 33.9 Å². The van der Waals surface area contributed by atoms with Crippen molar-refractivity contribution in [1.82, 2.24) is 35.5 Å². The summed E-state index contributed by atoms with van der Waals surface area (Å²) in [7, 11) is 3.07. The molecule has 2 saturated heterocycles. The van der Waals surface area contributed by atoms with E-state index < -0.39 is 12.0 Å². The molecule has 0 radical (unpaired) electrons. The quantitative estimate of drug-likeness (QED) is 0.207. The first-order valence-corrected chi connectivity index (χ1v) is 16.2. The summed E-state index contributed by atoms with van der Waals surface area (Å²) in [6, 6.07) is 13.5. The van der Waals surface area contributed by atoms with Crippen molar-refractivity contribution in [3.63, 3.8) is 0 Å². The van der Waals surface area contributed by atoms with Gasteiger partial charge in [-0.3, -0.25) is 19.7 Å². The number of carbonyl (C=O) groups is 1. The van der Waals surface area contributed by atoms with Crippen LogP contribution < -0.4 is 20.1 Å². The van der Waals surface area contributed by atoms with Crippen molar-refractivity contribution in [2.45, 2.75) is 38.1 Å². The van der Waals surface area contributed by atoms with Gasteiger partial charge in [0.1, 0.15) is 11.4 Å². The second-order valence-corrected chi connectivity index (χ2v) is 12.4. The number of aromatic nitrogens is 4. The molecule has 0 bridgehead atoms. The minimum absolute atomic E-state index is 0.0752. The van der Waals surface area contributed by atoms with Gasteiger partial charge in [0, 0.05) is 67.4 Å². The van der Waals surface area contributed by atoms with Gasteiger partial charge in [0.05, 0.1) is 66.1 Å². The fourth-order valence-corrected chi connectivity index (χ4v) is 6.66. The predicted octanol–water partition coefficient (Wildman–Crippen LogP) is 4.28. The highest BCUT2D eigenvalue weighted by molar-refractivity contribution is 6.39. The van der Waals surface area contributed by atoms with E-state index in [1.165, 1.54) is 7.11 Å². The molecule has 48 heavy (non-hydrogen) atoms. The number of aliphatic hydroxyl groups excluding tert-OH is 1. The van der Waals surface area contributed by atoms with E-state index in [-0.39, 0.29) is 11.9 Å². The number of nitrogens with one attached hydrogen (secondary N) is 2. The molecule has 3 N–H and O–H groups in total. The molecule has 248 valence electrons. The molecule has 2 aliphatic rings. The molecular formula is C34H34Cl2N8O4. The normalized spacial score (nSPS) is 19.2. The maximum Gasteiger partial charge on any atom is 0.237 e. The molecule has 4 aromatic rings. The Labute approximate surface area is 288 Å². The van der Waals surface area contributed by atoms with Gasteiger partial charge in [0.2, 0.25) is 17.7 Å². The van der Waals surface area contributed by atoms with E-state index in [0.717, 1.165) is 6.42 Å². The number of hydrogen-bond acceptors (Lipinski definition) is 11. The Balaban J connectivity index is 1.23. The van der Waals surface area contributed by atoms with Crippen LogP contribution in [0.3, 0.4) is 0 Å². The Kier molecular flexibility index (Phi) is 10.3. The number of β-amino-alcohol motifs (C(OH)–C–C–N with tert-alkyl or cyclic N) is 1. The molecule has 0 saturated carbocycles. The number of halogens is 2. The lowest BCUT2D eigenvalue weighted by Gasteiger charge is -2.17. The Morgan fingerprint density at radius 2 is 1.54 bits per heavy atom. The molecule has 2 aromatic carbocycles. The number of rotatable bonds is 11. The Morgan fingerprint density at radius 3 is 2.08 bits per heavy atom. The molecule has 1 unspecified atom stereocenters. The van der Waals surface area contributed by atoms with Crippen LogP contribution in [-0.2, 0) is 17.9 Å². The molecule has 12 nitrogen and oxygen atoms in total. The SMILES string of the molecule is COc1nc(-c2cccc(-c3cccc(-c4cnc(CN5CC(C#N)[C@@H](O)C5)c(OC)n4)c3Cl)c2Cl)cnc1CNC[C@@H]1CCC(=O)N1. The molecule has 0 spiro atoms. The monoisotopic (exact) mass is 688 g/mol. The van der Waals surface area contributed by atoms with E-state index in [1.54, 1.807) is 19.5 Å². The predicted molar refractivity (Wildman–Crippen MR) is 180 cm³/mol. The number of ether oxygens (including phenoxy) is 2. The van der Waals surface area contributed by atoms with Crippen LogP contribution >= 0.6 is 23.2 Å². The molecule has 1 amide bonds. The summed E-state index contributed by atoms with van der Waals surface area (Å²) in [5, 5.41) is 26.5. The number of methoxy groups -OCH3 is 2. The van der Waals surface area contributed by atoms with Crippen LogP contribution in [0.1, 0.15) is 24.2 Å². The second-order valence-electron chi connectivity index (χ2n) is 11.7. The average Bonchev–Trinajstić information content (AvgIpc) is 3.68. The summed E-state index contributed by atoms with van der Waals surface area (Å²) in [6.07, 6.45) is 3.95. The largest absolute Gasteiger partial charge is 0.480 e. The van der Waals surface area contributed by atoms with Crippen molar-refractivity contribution in [2.24, 2.45) is 5.92 Å². The smallest absolute Gasteiger partial charge is 0.237 e. The van der Waals surface area contributed by atoms with Gasteiger partial charge >= 0.3 is 0 Å². The van der Waals surface area contributed by atoms with Crippen LogP contribution in [0.15, 0.2) is 48.8 Å². The maximum absolute atomic E-state index is 11.5. The molecule has 3 atom stereocenters. The fraction of sp³-hybridized carbons (Fsp3) is 0.353. The first-order valence-electron chi connectivity index (χ1n) is 15.5. The van der Waals surface area contributed by atoms with Crippen LogP contribution in [-0.4, -0.2) is 81.8 Å². The highest BCUT2D eigenvalue weighted by atomic mass is 35.5. The fourth-order valence-electron chi connectivity index (χ4n) is 6.02. The zero-order valence-corrected chi connectivity index (χ0v) is 27.9. The van der Waals surface area contributed by atoms with Crippen LogP contribution in [0.5, 0.6) is 11.8 Å². The Bertz CT molecular complexity index is 1870. The van der Waals surface area contributed by atoms with Gasteiger partial charge in [-0.05, 0) is 6.42 Å². The number of nitrogens with zero attached hydrogens (tertiary/aromatic N) is 6. The number of nitriles is 1. The first-order chi connectivity index (χ1) is 23.3. The Hall–Kier alpha value is -4.38. The van der Waals surface area contributed by atoms with Crippen molar-refractivity contribution < 1.29 is 19.4 Å². The number of carbonyl (C=O) groups excluding carboxylic acids is 1. The number of benzene rings is 2. The summed E-state index contributed by atoms with van der Waals surface area (Å²) < 4.78 is 11.1. The third-order valence-corrected chi connectivity index (χ3v) is 9.34. The van der Waals surface area contributed by atoms with Gasteiger partial charge in [-0.15, -0.1) is 0 Å². The van der Waals surface area contributed by atoms with Crippen molar-refractivity contribution in [3.05, 3.63) is 70.2 Å². The number of hydrogen-bond donors (Lipinski definition) is 3. The van der Waals surface area contributed by atoms with E-state index in [4.69, 9.17) is 42.6 Å². The second kappa shape index (κ2) is 14.8. The third kappa shape index (κ3) is 7.06. The third-order valence-electron chi connectivity index (χ3n) is 8.52. The van der Waals surface area contributed by atoms with Crippen molar-refractivity contribution in [1.29, 1.82) is 5.26 Å². The molecular weight excluding hydrogens is 655 g/mol. The van der Waals surface area contributed by atoms with E-state index in [9.17, 15) is 15.2 Å². The van der Waals surface area contributed by atoms with E-state index in [2.05, 4.69) is 26.7 Å². The highest BCUT2D eigenvalue weighted by Crippen LogP contribution is 2.42. The number of likely N-dealkylation sites (tertiary alicyclic amines) is 1. The summed E-state index contributed by atoms with van der Waals surface area (Å²) >= 11 is 14.1. The molecule has 2 aliphatic heterocycles. The van der Waals surface area contributed by atoms with Gasteiger partial charge in [-0.2, -0.15) is 5.26 Å². The minimum atomic E-state index is -0.699. The summed E-state index contributed by atoms with van der Waals surface area (Å²) in [5.74, 6) is 0.343. The maximum atomic E-state index is 11.5. The van der Waals surface area contributed by atoms with Crippen LogP contribution in [0.25, 0.3) is 33.6 Å². The van der Waals surface area contributed by atoms with E-state index >= 15 is 0 Å². The van der Waals surface area contributed by atoms with Crippen molar-refractivity contribution in [3.8, 4) is 51.5 Å². The van der Waals surface area contributed by atoms with Crippen LogP contribution in [0.4, 0.5) is 0 Å². The molecule has 2 fully saturated rings. The van der Waals surface area contributed by atoms with Crippen molar-refractivity contribution >= 4 is 29.1 Å². The van der Waals surface area contributed by atoms with Gasteiger partial charge in [0.25, 0.3) is 0 Å². The lowest BCUT2D eigenvalue weighted by atomic mass is 9.98. The topological polar surface area (TPSA) is 158 Å². The zero-order valence-electron chi connectivity index (χ0n) is 26.4. The first kappa shape index (κ1) is 33.5. The van der Waals surface area contributed by atoms with Crippen LogP contribution in [0.2, 0.25) is 10.0 Å². The molecule has 6 rings (SSSR count). The lowest BCUT2D eigenvalue weighted by Crippen LogP contribution is -2.35. The zero-order chi connectivity index (χ0) is 33.8. The number of amides is 1. The van der Waals surface area contributed by atoms with E-state index in [1.807, 2.05) is 41.3 Å². The molecule has 0 aliphatic carbocycles. The lowest BCUT2D eigenvalue weighted by molar-refractivity contribution is -0.119. The molecule has 14 heteroatoms. The van der Waals surface area contributed by atoms with Gasteiger partial charge < -0.3 is 25.2 Å². The molecule has 2 aromatic heterocycles. The van der Waals surface area contributed by atoms with Gasteiger partial charge in [-0.1, -0.05) is 59.6 Å². The Morgan fingerprint density at radius 1 is 0.958 bits per heavy atom. The van der Waals surface area contributed by atoms with Crippen LogP contribution in [0, 0.1) is 17.2 Å². The number of aliphatic hydroxyl groups is 1. The summed E-state index contributed by atoms with van der Waals surface area (Å²) in [5.41, 5.74) is 4.98. The van der Waals surface area contributed by atoms with E-state index in [0.29, 0.717) is 106 Å².